The van der Waals surface area contributed by atoms with Crippen LogP contribution in [-0.2, 0) is 9.59 Å². The first-order valence-electron chi connectivity index (χ1n) is 7.30. The Morgan fingerprint density at radius 3 is 2.21 bits per heavy atom. The fourth-order valence-electron chi connectivity index (χ4n) is 3.30. The second-order valence-electron chi connectivity index (χ2n) is 5.80. The summed E-state index contributed by atoms with van der Waals surface area (Å²) in [5.74, 6) is -0.521. The van der Waals surface area contributed by atoms with E-state index in [2.05, 4.69) is 5.32 Å². The van der Waals surface area contributed by atoms with Crippen molar-refractivity contribution in [3.05, 3.63) is 0 Å². The Bertz CT molecular complexity index is 343. The largest absolute Gasteiger partial charge is 0.480 e. The third kappa shape index (κ3) is 2.91. The molecule has 108 valence electrons. The predicted octanol–water partition coefficient (Wildman–Crippen LogP) is 1.23. The highest BCUT2D eigenvalue weighted by atomic mass is 16.4. The van der Waals surface area contributed by atoms with Crippen LogP contribution in [0.2, 0.25) is 0 Å². The van der Waals surface area contributed by atoms with E-state index in [1.165, 1.54) is 6.42 Å². The van der Waals surface area contributed by atoms with Crippen molar-refractivity contribution in [3.63, 3.8) is 0 Å². The molecule has 1 aliphatic heterocycles. The number of nitrogens with one attached hydrogen (secondary N) is 1. The second-order valence-corrected chi connectivity index (χ2v) is 5.80. The standard InChI is InChI=1S/C14H24N2O3/c1-15-14(13(18)19)7-5-11(6-8-14)12(17)16-9-3-2-4-10-16/h11,15H,2-10H2,1H3,(H,18,19). The summed E-state index contributed by atoms with van der Waals surface area (Å²) >= 11 is 0. The average molecular weight is 268 g/mol. The van der Waals surface area contributed by atoms with E-state index in [1.54, 1.807) is 7.05 Å². The number of hydrogen-bond donors (Lipinski definition) is 2. The molecular formula is C14H24N2O3. The number of piperidine rings is 1. The summed E-state index contributed by atoms with van der Waals surface area (Å²) in [6.45, 7) is 1.76. The van der Waals surface area contributed by atoms with Crippen LogP contribution in [0.25, 0.3) is 0 Å². The van der Waals surface area contributed by atoms with Crippen molar-refractivity contribution < 1.29 is 14.7 Å². The van der Waals surface area contributed by atoms with Gasteiger partial charge in [0.25, 0.3) is 0 Å². The highest BCUT2D eigenvalue weighted by Gasteiger charge is 2.42. The molecule has 1 heterocycles. The first-order valence-corrected chi connectivity index (χ1v) is 7.30. The molecule has 19 heavy (non-hydrogen) atoms. The molecule has 2 aliphatic rings. The smallest absolute Gasteiger partial charge is 0.323 e. The predicted molar refractivity (Wildman–Crippen MR) is 71.8 cm³/mol. The molecule has 0 bridgehead atoms. The minimum atomic E-state index is -0.821. The molecule has 0 aromatic carbocycles. The van der Waals surface area contributed by atoms with E-state index < -0.39 is 11.5 Å². The zero-order valence-electron chi connectivity index (χ0n) is 11.7. The number of likely N-dealkylation sites (N-methyl/N-ethyl adjacent to an activating group) is 1. The summed E-state index contributed by atoms with van der Waals surface area (Å²) in [5, 5.41) is 12.2. The summed E-state index contributed by atoms with van der Waals surface area (Å²) in [5.41, 5.74) is -0.821. The van der Waals surface area contributed by atoms with Gasteiger partial charge in [0.15, 0.2) is 0 Å². The minimum Gasteiger partial charge on any atom is -0.480 e. The van der Waals surface area contributed by atoms with Gasteiger partial charge in [0, 0.05) is 19.0 Å². The maximum atomic E-state index is 12.4. The highest BCUT2D eigenvalue weighted by Crippen LogP contribution is 2.33. The third-order valence-electron chi connectivity index (χ3n) is 4.74. The van der Waals surface area contributed by atoms with Crippen LogP contribution in [0.5, 0.6) is 0 Å². The number of carboxylic acid groups (broad SMARTS) is 1. The van der Waals surface area contributed by atoms with Crippen molar-refractivity contribution >= 4 is 11.9 Å². The Kier molecular flexibility index (Phi) is 4.45. The van der Waals surface area contributed by atoms with Gasteiger partial charge in [-0.2, -0.15) is 0 Å². The van der Waals surface area contributed by atoms with Crippen LogP contribution in [0.3, 0.4) is 0 Å². The summed E-state index contributed by atoms with van der Waals surface area (Å²) in [6.07, 6.45) is 5.88. The van der Waals surface area contributed by atoms with Crippen molar-refractivity contribution in [3.8, 4) is 0 Å². The van der Waals surface area contributed by atoms with Gasteiger partial charge in [0.1, 0.15) is 5.54 Å². The van der Waals surface area contributed by atoms with E-state index in [1.807, 2.05) is 4.90 Å². The number of carbonyl (C=O) groups excluding carboxylic acids is 1. The molecule has 1 saturated carbocycles. The van der Waals surface area contributed by atoms with Crippen molar-refractivity contribution in [2.24, 2.45) is 5.92 Å². The highest BCUT2D eigenvalue weighted by molar-refractivity contribution is 5.81. The van der Waals surface area contributed by atoms with Crippen LogP contribution in [-0.4, -0.2) is 47.6 Å². The average Bonchev–Trinajstić information content (AvgIpc) is 2.47. The van der Waals surface area contributed by atoms with Crippen LogP contribution in [0.4, 0.5) is 0 Å². The van der Waals surface area contributed by atoms with E-state index >= 15 is 0 Å². The number of hydrogen-bond acceptors (Lipinski definition) is 3. The zero-order chi connectivity index (χ0) is 13.9. The molecule has 1 amide bonds. The minimum absolute atomic E-state index is 0.0268. The Balaban J connectivity index is 1.92. The molecule has 0 atom stereocenters. The lowest BCUT2D eigenvalue weighted by atomic mass is 9.76. The van der Waals surface area contributed by atoms with Crippen LogP contribution in [0, 0.1) is 5.92 Å². The van der Waals surface area contributed by atoms with E-state index in [0.29, 0.717) is 25.7 Å². The number of aliphatic carboxylic acids is 1. The molecule has 0 aromatic heterocycles. The number of likely N-dealkylation sites (tertiary alicyclic amines) is 1. The van der Waals surface area contributed by atoms with Gasteiger partial charge in [-0.1, -0.05) is 0 Å². The van der Waals surface area contributed by atoms with Crippen LogP contribution in [0.1, 0.15) is 44.9 Å². The zero-order valence-corrected chi connectivity index (χ0v) is 11.7. The van der Waals surface area contributed by atoms with Gasteiger partial charge in [0.2, 0.25) is 5.91 Å². The Morgan fingerprint density at radius 1 is 1.16 bits per heavy atom. The maximum absolute atomic E-state index is 12.4. The van der Waals surface area contributed by atoms with Crippen LogP contribution < -0.4 is 5.32 Å². The van der Waals surface area contributed by atoms with Gasteiger partial charge in [-0.15, -0.1) is 0 Å². The summed E-state index contributed by atoms with van der Waals surface area (Å²) < 4.78 is 0. The number of amides is 1. The van der Waals surface area contributed by atoms with E-state index in [-0.39, 0.29) is 11.8 Å². The van der Waals surface area contributed by atoms with Gasteiger partial charge in [-0.25, -0.2) is 0 Å². The van der Waals surface area contributed by atoms with Crippen LogP contribution >= 0.6 is 0 Å². The van der Waals surface area contributed by atoms with E-state index in [0.717, 1.165) is 25.9 Å². The van der Waals surface area contributed by atoms with Crippen molar-refractivity contribution in [2.45, 2.75) is 50.5 Å². The fourth-order valence-corrected chi connectivity index (χ4v) is 3.30. The van der Waals surface area contributed by atoms with E-state index in [9.17, 15) is 14.7 Å². The van der Waals surface area contributed by atoms with Crippen molar-refractivity contribution in [1.29, 1.82) is 0 Å². The molecule has 0 aromatic rings. The van der Waals surface area contributed by atoms with Gasteiger partial charge in [-0.3, -0.25) is 9.59 Å². The molecule has 2 rings (SSSR count). The summed E-state index contributed by atoms with van der Waals surface area (Å²) in [6, 6.07) is 0. The number of nitrogens with zero attached hydrogens (tertiary/aromatic N) is 1. The third-order valence-corrected chi connectivity index (χ3v) is 4.74. The van der Waals surface area contributed by atoms with Gasteiger partial charge in [-0.05, 0) is 52.0 Å². The van der Waals surface area contributed by atoms with Gasteiger partial charge < -0.3 is 15.3 Å². The Morgan fingerprint density at radius 2 is 1.74 bits per heavy atom. The lowest BCUT2D eigenvalue weighted by Crippen LogP contribution is -2.54. The molecule has 1 aliphatic carbocycles. The molecule has 5 nitrogen and oxygen atoms in total. The normalized spacial score (nSPS) is 32.1. The number of carboxylic acids is 1. The quantitative estimate of drug-likeness (QED) is 0.808. The molecule has 2 fully saturated rings. The Labute approximate surface area is 114 Å². The maximum Gasteiger partial charge on any atom is 0.323 e. The molecule has 2 N–H and O–H groups in total. The molecule has 5 heteroatoms. The molecule has 1 saturated heterocycles. The molecule has 0 spiro atoms. The lowest BCUT2D eigenvalue weighted by Gasteiger charge is -2.38. The van der Waals surface area contributed by atoms with Gasteiger partial charge >= 0.3 is 5.97 Å². The summed E-state index contributed by atoms with van der Waals surface area (Å²) in [7, 11) is 1.70. The molecular weight excluding hydrogens is 244 g/mol. The SMILES string of the molecule is CNC1(C(=O)O)CCC(C(=O)N2CCCCC2)CC1. The topological polar surface area (TPSA) is 69.6 Å². The van der Waals surface area contributed by atoms with Gasteiger partial charge in [0.05, 0.1) is 0 Å². The van der Waals surface area contributed by atoms with Crippen molar-refractivity contribution in [1.82, 2.24) is 10.2 Å². The monoisotopic (exact) mass is 268 g/mol. The first kappa shape index (κ1) is 14.3. The first-order chi connectivity index (χ1) is 9.09. The molecule has 0 unspecified atom stereocenters. The molecule has 0 radical (unpaired) electrons. The van der Waals surface area contributed by atoms with Crippen molar-refractivity contribution in [2.75, 3.05) is 20.1 Å². The summed E-state index contributed by atoms with van der Waals surface area (Å²) in [4.78, 5) is 25.7. The number of carbonyl (C=O) groups is 2. The lowest BCUT2D eigenvalue weighted by molar-refractivity contribution is -0.149. The van der Waals surface area contributed by atoms with Crippen LogP contribution in [0.15, 0.2) is 0 Å². The Hall–Kier alpha value is -1.10. The van der Waals surface area contributed by atoms with E-state index in [4.69, 9.17) is 0 Å². The second kappa shape index (κ2) is 5.90. The number of rotatable bonds is 3. The fraction of sp³-hybridized carbons (Fsp3) is 0.857.